The zero-order chi connectivity index (χ0) is 12.2. The third-order valence-electron chi connectivity index (χ3n) is 1.42. The van der Waals surface area contributed by atoms with E-state index in [1.165, 1.54) is 0 Å². The van der Waals surface area contributed by atoms with Gasteiger partial charge in [-0.1, -0.05) is 15.9 Å². The molecule has 0 aliphatic carbocycles. The van der Waals surface area contributed by atoms with E-state index in [0.717, 1.165) is 4.47 Å². The van der Waals surface area contributed by atoms with E-state index < -0.39 is 7.75 Å². The van der Waals surface area contributed by atoms with Crippen molar-refractivity contribution in [3.63, 3.8) is 0 Å². The van der Waals surface area contributed by atoms with Gasteiger partial charge in [0.2, 0.25) is 0 Å². The van der Waals surface area contributed by atoms with Crippen LogP contribution < -0.4 is 15.9 Å². The quantitative estimate of drug-likeness (QED) is 0.325. The number of benzene rings is 1. The molecule has 0 atom stereocenters. The van der Waals surface area contributed by atoms with Crippen molar-refractivity contribution in [2.24, 2.45) is 0 Å². The van der Waals surface area contributed by atoms with E-state index in [1.54, 1.807) is 29.5 Å². The normalized spacial score (nSPS) is 10.9. The molecular weight excluding hydrogens is 317 g/mol. The molecule has 9 heteroatoms. The summed E-state index contributed by atoms with van der Waals surface area (Å²) in [7, 11) is -4.33. The molecule has 1 aromatic carbocycles. The number of hydrogen-bond acceptors (Lipinski definition) is 2. The van der Waals surface area contributed by atoms with E-state index in [9.17, 15) is 4.57 Å². The van der Waals surface area contributed by atoms with Crippen molar-refractivity contribution in [2.45, 2.75) is 0 Å². The summed E-state index contributed by atoms with van der Waals surface area (Å²) in [6.07, 6.45) is 0. The average Bonchev–Trinajstić information content (AvgIpc) is 2.18. The van der Waals surface area contributed by atoms with Crippen LogP contribution in [0.3, 0.4) is 0 Å². The molecule has 0 spiro atoms. The van der Waals surface area contributed by atoms with Gasteiger partial charge in [0.05, 0.1) is 0 Å². The number of anilines is 1. The van der Waals surface area contributed by atoms with Gasteiger partial charge >= 0.3 is 7.75 Å². The van der Waals surface area contributed by atoms with Crippen LogP contribution in [0.2, 0.25) is 0 Å². The van der Waals surface area contributed by atoms with E-state index in [4.69, 9.17) is 22.0 Å². The molecule has 1 rings (SSSR count). The van der Waals surface area contributed by atoms with Crippen LogP contribution in [0.15, 0.2) is 28.7 Å². The van der Waals surface area contributed by atoms with Gasteiger partial charge in [0.15, 0.2) is 5.11 Å². The molecule has 0 aliphatic heterocycles. The molecule has 0 saturated heterocycles. The van der Waals surface area contributed by atoms with Crippen molar-refractivity contribution in [3.05, 3.63) is 28.7 Å². The highest BCUT2D eigenvalue weighted by molar-refractivity contribution is 9.10. The molecule has 6 nitrogen and oxygen atoms in total. The van der Waals surface area contributed by atoms with Crippen molar-refractivity contribution in [1.29, 1.82) is 0 Å². The Bertz CT molecular complexity index is 421. The Balaban J connectivity index is 2.46. The van der Waals surface area contributed by atoms with Crippen LogP contribution in [0.4, 0.5) is 5.69 Å². The minimum Gasteiger partial charge on any atom is -0.332 e. The predicted octanol–water partition coefficient (Wildman–Crippen LogP) is 1.33. The second-order valence-corrected chi connectivity index (χ2v) is 5.38. The van der Waals surface area contributed by atoms with Gasteiger partial charge in [0.25, 0.3) is 0 Å². The summed E-state index contributed by atoms with van der Waals surface area (Å²) in [5, 5.41) is 4.55. The van der Waals surface area contributed by atoms with Crippen LogP contribution in [0.1, 0.15) is 0 Å². The number of hydrazine groups is 1. The van der Waals surface area contributed by atoms with E-state index in [-0.39, 0.29) is 5.11 Å². The van der Waals surface area contributed by atoms with Crippen LogP contribution in [0.5, 0.6) is 0 Å². The zero-order valence-corrected chi connectivity index (χ0v) is 11.1. The number of halogens is 1. The van der Waals surface area contributed by atoms with Crippen molar-refractivity contribution in [2.75, 3.05) is 5.32 Å². The van der Waals surface area contributed by atoms with Crippen molar-refractivity contribution >= 4 is 46.7 Å². The zero-order valence-electron chi connectivity index (χ0n) is 7.85. The second-order valence-electron chi connectivity index (χ2n) is 2.74. The lowest BCUT2D eigenvalue weighted by molar-refractivity contribution is 0.354. The first-order valence-corrected chi connectivity index (χ1v) is 6.83. The maximum absolute atomic E-state index is 10.5. The molecular formula is C7H9BrN3O3PS. The fourth-order valence-electron chi connectivity index (χ4n) is 0.819. The maximum atomic E-state index is 10.5. The average molecular weight is 326 g/mol. The van der Waals surface area contributed by atoms with E-state index in [1.807, 2.05) is 0 Å². The van der Waals surface area contributed by atoms with E-state index in [2.05, 4.69) is 26.7 Å². The highest BCUT2D eigenvalue weighted by Gasteiger charge is 2.11. The summed E-state index contributed by atoms with van der Waals surface area (Å²) < 4.78 is 11.4. The topological polar surface area (TPSA) is 93.6 Å². The first-order chi connectivity index (χ1) is 7.37. The van der Waals surface area contributed by atoms with E-state index >= 15 is 0 Å². The lowest BCUT2D eigenvalue weighted by Crippen LogP contribution is -2.37. The molecule has 0 radical (unpaired) electrons. The Morgan fingerprint density at radius 2 is 1.88 bits per heavy atom. The highest BCUT2D eigenvalue weighted by atomic mass is 79.9. The van der Waals surface area contributed by atoms with Gasteiger partial charge in [0.1, 0.15) is 0 Å². The molecule has 0 aliphatic rings. The van der Waals surface area contributed by atoms with Gasteiger partial charge in [-0.05, 0) is 36.5 Å². The lowest BCUT2D eigenvalue weighted by Gasteiger charge is -2.11. The third-order valence-corrected chi connectivity index (χ3v) is 2.55. The minimum atomic E-state index is -4.33. The number of rotatable bonds is 3. The van der Waals surface area contributed by atoms with Crippen LogP contribution in [0.25, 0.3) is 0 Å². The predicted molar refractivity (Wildman–Crippen MR) is 68.7 cm³/mol. The summed E-state index contributed by atoms with van der Waals surface area (Å²) in [6.45, 7) is 0. The SMILES string of the molecule is O=P(O)(O)NNC(=S)Nc1ccc(Br)cc1. The Hall–Kier alpha value is -0.500. The van der Waals surface area contributed by atoms with Crippen LogP contribution in [-0.4, -0.2) is 14.9 Å². The van der Waals surface area contributed by atoms with Gasteiger partial charge in [-0.3, -0.25) is 5.43 Å². The Labute approximate surface area is 106 Å². The molecule has 0 fully saturated rings. The summed E-state index contributed by atoms with van der Waals surface area (Å²) in [5.41, 5.74) is 2.88. The Kier molecular flexibility index (Phi) is 4.85. The standard InChI is InChI=1S/C7H9BrN3O3PS/c8-5-1-3-6(4-2-5)9-7(16)10-11-15(12,13)14/h1-4H,(H2,9,10,16)(H3,11,12,13,14). The molecule has 0 amide bonds. The lowest BCUT2D eigenvalue weighted by atomic mass is 10.3. The highest BCUT2D eigenvalue weighted by Crippen LogP contribution is 2.26. The summed E-state index contributed by atoms with van der Waals surface area (Å²) in [4.78, 5) is 17.0. The molecule has 5 N–H and O–H groups in total. The largest absolute Gasteiger partial charge is 0.418 e. The number of thiocarbonyl (C=S) groups is 1. The fourth-order valence-corrected chi connectivity index (χ4v) is 1.59. The minimum absolute atomic E-state index is 0.0608. The first kappa shape index (κ1) is 13.6. The van der Waals surface area contributed by atoms with Gasteiger partial charge in [-0.25, -0.2) is 4.57 Å². The van der Waals surface area contributed by atoms with Crippen LogP contribution in [0, 0.1) is 0 Å². The number of nitrogens with one attached hydrogen (secondary N) is 3. The van der Waals surface area contributed by atoms with Gasteiger partial charge in [-0.15, -0.1) is 5.20 Å². The van der Waals surface area contributed by atoms with E-state index in [0.29, 0.717) is 5.69 Å². The van der Waals surface area contributed by atoms with Crippen molar-refractivity contribution < 1.29 is 14.4 Å². The Morgan fingerprint density at radius 1 is 1.31 bits per heavy atom. The Morgan fingerprint density at radius 3 is 2.38 bits per heavy atom. The molecule has 0 saturated carbocycles. The van der Waals surface area contributed by atoms with Crippen molar-refractivity contribution in [3.8, 4) is 0 Å². The van der Waals surface area contributed by atoms with Crippen LogP contribution >= 0.6 is 35.9 Å². The smallest absolute Gasteiger partial charge is 0.332 e. The molecule has 0 aromatic heterocycles. The maximum Gasteiger partial charge on any atom is 0.418 e. The van der Waals surface area contributed by atoms with Gasteiger partial charge in [0, 0.05) is 10.2 Å². The fraction of sp³-hybridized carbons (Fsp3) is 0. The molecule has 0 heterocycles. The first-order valence-electron chi connectivity index (χ1n) is 4.02. The molecule has 88 valence electrons. The summed E-state index contributed by atoms with van der Waals surface area (Å²) >= 11 is 8.07. The van der Waals surface area contributed by atoms with Gasteiger partial charge < -0.3 is 15.1 Å². The molecule has 0 unspecified atom stereocenters. The molecule has 16 heavy (non-hydrogen) atoms. The third kappa shape index (κ3) is 5.55. The second kappa shape index (κ2) is 5.72. The summed E-state index contributed by atoms with van der Waals surface area (Å²) in [6, 6.07) is 7.13. The van der Waals surface area contributed by atoms with Gasteiger partial charge in [-0.2, -0.15) is 0 Å². The molecule has 1 aromatic rings. The van der Waals surface area contributed by atoms with Crippen molar-refractivity contribution in [1.82, 2.24) is 10.6 Å². The monoisotopic (exact) mass is 325 g/mol. The molecule has 0 bridgehead atoms. The number of hydrogen-bond donors (Lipinski definition) is 5. The summed E-state index contributed by atoms with van der Waals surface area (Å²) in [5.74, 6) is 0. The van der Waals surface area contributed by atoms with Crippen LogP contribution in [-0.2, 0) is 4.57 Å².